The summed E-state index contributed by atoms with van der Waals surface area (Å²) in [7, 11) is 3.02. The topological polar surface area (TPSA) is 73.7 Å². The third-order valence-electron chi connectivity index (χ3n) is 4.84. The van der Waals surface area contributed by atoms with Crippen LogP contribution in [0.4, 0.5) is 0 Å². The van der Waals surface area contributed by atoms with E-state index in [2.05, 4.69) is 5.10 Å². The van der Waals surface area contributed by atoms with Gasteiger partial charge >= 0.3 is 5.97 Å². The summed E-state index contributed by atoms with van der Waals surface area (Å²) in [6.07, 6.45) is 2.37. The van der Waals surface area contributed by atoms with Crippen LogP contribution in [0.1, 0.15) is 23.8 Å². The van der Waals surface area contributed by atoms with Gasteiger partial charge in [0.2, 0.25) is 0 Å². The van der Waals surface area contributed by atoms with Crippen LogP contribution in [0.5, 0.6) is 5.75 Å². The number of amides is 1. The highest BCUT2D eigenvalue weighted by Crippen LogP contribution is 2.25. The van der Waals surface area contributed by atoms with Crippen molar-refractivity contribution in [1.82, 2.24) is 14.7 Å². The van der Waals surface area contributed by atoms with Crippen LogP contribution < -0.4 is 4.74 Å². The number of carbonyl (C=O) groups is 2. The molecule has 1 saturated heterocycles. The van der Waals surface area contributed by atoms with Crippen molar-refractivity contribution in [2.75, 3.05) is 27.3 Å². The molecular weight excluding hydrogens is 334 g/mol. The summed E-state index contributed by atoms with van der Waals surface area (Å²) in [5.41, 5.74) is 1.24. The van der Waals surface area contributed by atoms with Crippen LogP contribution >= 0.6 is 0 Å². The Morgan fingerprint density at radius 1 is 1.15 bits per heavy atom. The van der Waals surface area contributed by atoms with Gasteiger partial charge in [-0.1, -0.05) is 6.92 Å². The normalized spacial score (nSPS) is 19.9. The summed E-state index contributed by atoms with van der Waals surface area (Å²) in [6, 6.07) is 9.16. The second kappa shape index (κ2) is 7.59. The monoisotopic (exact) mass is 357 g/mol. The Bertz CT molecular complexity index is 784. The van der Waals surface area contributed by atoms with Crippen molar-refractivity contribution in [2.45, 2.75) is 13.3 Å². The number of ether oxygens (including phenoxy) is 2. The molecule has 0 N–H and O–H groups in total. The lowest BCUT2D eigenvalue weighted by molar-refractivity contribution is -0.148. The van der Waals surface area contributed by atoms with Gasteiger partial charge < -0.3 is 14.4 Å². The van der Waals surface area contributed by atoms with Crippen molar-refractivity contribution in [1.29, 1.82) is 0 Å². The van der Waals surface area contributed by atoms with E-state index < -0.39 is 0 Å². The second-order valence-corrected chi connectivity index (χ2v) is 6.49. The van der Waals surface area contributed by atoms with Crippen LogP contribution in [0, 0.1) is 11.8 Å². The molecule has 2 aromatic rings. The SMILES string of the molecule is COC(=O)C1CCN(C(=O)c2ccn(-c3ccc(OC)cc3)n2)CC1C. The predicted octanol–water partition coefficient (Wildman–Crippen LogP) is 2.15. The zero-order valence-electron chi connectivity index (χ0n) is 15.2. The standard InChI is InChI=1S/C19H23N3O4/c1-13-12-21(10-8-16(13)19(24)26-3)18(23)17-9-11-22(20-17)14-4-6-15(25-2)7-5-14/h4-7,9,11,13,16H,8,10,12H2,1-3H3. The molecule has 1 fully saturated rings. The van der Waals surface area contributed by atoms with Gasteiger partial charge in [-0.2, -0.15) is 5.10 Å². The minimum absolute atomic E-state index is 0.0591. The summed E-state index contributed by atoms with van der Waals surface area (Å²) < 4.78 is 11.7. The molecular formula is C19H23N3O4. The molecule has 7 heteroatoms. The molecule has 0 aliphatic carbocycles. The predicted molar refractivity (Wildman–Crippen MR) is 95.3 cm³/mol. The van der Waals surface area contributed by atoms with Gasteiger partial charge in [0.1, 0.15) is 5.75 Å². The number of nitrogens with zero attached hydrogens (tertiary/aromatic N) is 3. The molecule has 26 heavy (non-hydrogen) atoms. The molecule has 138 valence electrons. The molecule has 0 bridgehead atoms. The van der Waals surface area contributed by atoms with Crippen LogP contribution in [-0.4, -0.2) is 53.9 Å². The minimum Gasteiger partial charge on any atom is -0.497 e. The first-order chi connectivity index (χ1) is 12.5. The highest BCUT2D eigenvalue weighted by Gasteiger charge is 2.34. The van der Waals surface area contributed by atoms with E-state index >= 15 is 0 Å². The van der Waals surface area contributed by atoms with Gasteiger partial charge in [-0.25, -0.2) is 4.68 Å². The van der Waals surface area contributed by atoms with Crippen LogP contribution in [-0.2, 0) is 9.53 Å². The van der Waals surface area contributed by atoms with Gasteiger partial charge in [-0.05, 0) is 42.7 Å². The fourth-order valence-electron chi connectivity index (χ4n) is 3.31. The molecule has 1 aliphatic heterocycles. The zero-order chi connectivity index (χ0) is 18.7. The highest BCUT2D eigenvalue weighted by atomic mass is 16.5. The molecule has 1 aliphatic rings. The minimum atomic E-state index is -0.201. The van der Waals surface area contributed by atoms with Crippen molar-refractivity contribution in [3.63, 3.8) is 0 Å². The van der Waals surface area contributed by atoms with Gasteiger partial charge in [0.15, 0.2) is 5.69 Å². The number of methoxy groups -OCH3 is 2. The van der Waals surface area contributed by atoms with Crippen LogP contribution in [0.15, 0.2) is 36.5 Å². The Hall–Kier alpha value is -2.83. The molecule has 2 atom stereocenters. The summed E-state index contributed by atoms with van der Waals surface area (Å²) in [5.74, 6) is 0.352. The highest BCUT2D eigenvalue weighted by molar-refractivity contribution is 5.92. The lowest BCUT2D eigenvalue weighted by Gasteiger charge is -2.35. The number of benzene rings is 1. The van der Waals surface area contributed by atoms with Gasteiger partial charge in [-0.15, -0.1) is 0 Å². The lowest BCUT2D eigenvalue weighted by atomic mass is 9.87. The Morgan fingerprint density at radius 2 is 1.88 bits per heavy atom. The Morgan fingerprint density at radius 3 is 2.50 bits per heavy atom. The second-order valence-electron chi connectivity index (χ2n) is 6.49. The third kappa shape index (κ3) is 3.56. The Labute approximate surface area is 152 Å². The van der Waals surface area contributed by atoms with Gasteiger partial charge in [0.05, 0.1) is 25.8 Å². The molecule has 0 saturated carbocycles. The molecule has 0 spiro atoms. The summed E-state index contributed by atoms with van der Waals surface area (Å²) in [5, 5.41) is 4.40. The smallest absolute Gasteiger partial charge is 0.309 e. The molecule has 1 aromatic heterocycles. The molecule has 2 unspecified atom stereocenters. The van der Waals surface area contributed by atoms with E-state index in [4.69, 9.17) is 9.47 Å². The van der Waals surface area contributed by atoms with E-state index in [9.17, 15) is 9.59 Å². The number of rotatable bonds is 4. The van der Waals surface area contributed by atoms with Crippen LogP contribution in [0.25, 0.3) is 5.69 Å². The molecule has 3 rings (SSSR count). The summed E-state index contributed by atoms with van der Waals surface area (Å²) in [4.78, 5) is 26.3. The van der Waals surface area contributed by atoms with Crippen LogP contribution in [0.2, 0.25) is 0 Å². The number of carbonyl (C=O) groups excluding carboxylic acids is 2. The van der Waals surface area contributed by atoms with Crippen molar-refractivity contribution in [3.05, 3.63) is 42.2 Å². The van der Waals surface area contributed by atoms with Crippen LogP contribution in [0.3, 0.4) is 0 Å². The summed E-state index contributed by atoms with van der Waals surface area (Å²) >= 11 is 0. The quantitative estimate of drug-likeness (QED) is 0.784. The van der Waals surface area contributed by atoms with E-state index in [-0.39, 0.29) is 23.7 Å². The molecule has 7 nitrogen and oxygen atoms in total. The maximum atomic E-state index is 12.8. The van der Waals surface area contributed by atoms with Gasteiger partial charge in [-0.3, -0.25) is 9.59 Å². The maximum absolute atomic E-state index is 12.8. The third-order valence-corrected chi connectivity index (χ3v) is 4.84. The average Bonchev–Trinajstić information content (AvgIpc) is 3.17. The van der Waals surface area contributed by atoms with Crippen molar-refractivity contribution in [3.8, 4) is 11.4 Å². The molecule has 1 aromatic carbocycles. The van der Waals surface area contributed by atoms with Crippen molar-refractivity contribution >= 4 is 11.9 Å². The van der Waals surface area contributed by atoms with Crippen molar-refractivity contribution in [2.24, 2.45) is 11.8 Å². The first-order valence-corrected chi connectivity index (χ1v) is 8.60. The lowest BCUT2D eigenvalue weighted by Crippen LogP contribution is -2.45. The number of esters is 1. The average molecular weight is 357 g/mol. The molecule has 1 amide bonds. The number of hydrogen-bond donors (Lipinski definition) is 0. The Kier molecular flexibility index (Phi) is 5.25. The first kappa shape index (κ1) is 18.0. The first-order valence-electron chi connectivity index (χ1n) is 8.60. The maximum Gasteiger partial charge on any atom is 0.309 e. The number of hydrogen-bond acceptors (Lipinski definition) is 5. The van der Waals surface area contributed by atoms with Gasteiger partial charge in [0, 0.05) is 19.3 Å². The summed E-state index contributed by atoms with van der Waals surface area (Å²) in [6.45, 7) is 3.02. The van der Waals surface area contributed by atoms with E-state index in [1.165, 1.54) is 7.11 Å². The molecule has 0 radical (unpaired) electrons. The number of likely N-dealkylation sites (tertiary alicyclic amines) is 1. The van der Waals surface area contributed by atoms with E-state index in [1.54, 1.807) is 29.0 Å². The number of piperidine rings is 1. The van der Waals surface area contributed by atoms with E-state index in [0.717, 1.165) is 11.4 Å². The zero-order valence-corrected chi connectivity index (χ0v) is 15.2. The fourth-order valence-corrected chi connectivity index (χ4v) is 3.31. The molecule has 2 heterocycles. The van der Waals surface area contributed by atoms with E-state index in [0.29, 0.717) is 25.2 Å². The number of aromatic nitrogens is 2. The van der Waals surface area contributed by atoms with E-state index in [1.807, 2.05) is 31.2 Å². The van der Waals surface area contributed by atoms with Gasteiger partial charge in [0.25, 0.3) is 5.91 Å². The van der Waals surface area contributed by atoms with Crippen molar-refractivity contribution < 1.29 is 19.1 Å². The Balaban J connectivity index is 1.69. The fraction of sp³-hybridized carbons (Fsp3) is 0.421. The largest absolute Gasteiger partial charge is 0.497 e.